The Labute approximate surface area is 143 Å². The van der Waals surface area contributed by atoms with Gasteiger partial charge in [0.2, 0.25) is 0 Å². The van der Waals surface area contributed by atoms with E-state index in [4.69, 9.17) is 22.1 Å². The molecule has 1 amide bonds. The summed E-state index contributed by atoms with van der Waals surface area (Å²) in [4.78, 5) is 25.9. The van der Waals surface area contributed by atoms with Gasteiger partial charge >= 0.3 is 6.09 Å². The summed E-state index contributed by atoms with van der Waals surface area (Å²) in [5.74, 6) is -0.403. The van der Waals surface area contributed by atoms with Crippen molar-refractivity contribution in [2.75, 3.05) is 24.6 Å². The zero-order valence-corrected chi connectivity index (χ0v) is 13.9. The minimum Gasteiger partial charge on any atom is -0.442 e. The molecule has 2 aromatic rings. The van der Waals surface area contributed by atoms with Crippen LogP contribution in [0.4, 0.5) is 10.5 Å². The second-order valence-electron chi connectivity index (χ2n) is 5.53. The Morgan fingerprint density at radius 3 is 2.96 bits per heavy atom. The number of aliphatic hydroxyl groups is 1. The van der Waals surface area contributed by atoms with E-state index in [-0.39, 0.29) is 6.10 Å². The molecule has 1 aliphatic rings. The SMILES string of the molecule is CC(=S)NC[C@H]1CN(c2ccc3c(ccn3C(=O)CO)c2)C(=O)O1. The summed E-state index contributed by atoms with van der Waals surface area (Å²) >= 11 is 4.96. The van der Waals surface area contributed by atoms with Gasteiger partial charge in [-0.25, -0.2) is 4.79 Å². The number of amides is 1. The fraction of sp³-hybridized carbons (Fsp3) is 0.312. The van der Waals surface area contributed by atoms with Crippen molar-refractivity contribution in [3.63, 3.8) is 0 Å². The fourth-order valence-corrected chi connectivity index (χ4v) is 2.77. The Morgan fingerprint density at radius 2 is 2.25 bits per heavy atom. The topological polar surface area (TPSA) is 83.8 Å². The Morgan fingerprint density at radius 1 is 1.46 bits per heavy atom. The molecule has 2 heterocycles. The first-order valence-electron chi connectivity index (χ1n) is 7.47. The quantitative estimate of drug-likeness (QED) is 0.816. The van der Waals surface area contributed by atoms with E-state index in [1.807, 2.05) is 6.07 Å². The van der Waals surface area contributed by atoms with Crippen LogP contribution in [0.2, 0.25) is 0 Å². The van der Waals surface area contributed by atoms with Crippen molar-refractivity contribution in [2.45, 2.75) is 13.0 Å². The van der Waals surface area contributed by atoms with Crippen LogP contribution in [0.25, 0.3) is 10.9 Å². The maximum Gasteiger partial charge on any atom is 0.414 e. The van der Waals surface area contributed by atoms with Crippen molar-refractivity contribution in [1.82, 2.24) is 9.88 Å². The number of aromatic nitrogens is 1. The number of nitrogens with zero attached hydrogens (tertiary/aromatic N) is 2. The Kier molecular flexibility index (Phi) is 4.50. The summed E-state index contributed by atoms with van der Waals surface area (Å²) in [5, 5.41) is 12.8. The fourth-order valence-electron chi connectivity index (χ4n) is 2.69. The molecule has 1 aromatic carbocycles. The number of carbonyl (C=O) groups is 2. The highest BCUT2D eigenvalue weighted by atomic mass is 32.1. The molecule has 1 atom stereocenters. The van der Waals surface area contributed by atoms with Crippen molar-refractivity contribution in [3.05, 3.63) is 30.5 Å². The van der Waals surface area contributed by atoms with Gasteiger partial charge in [-0.15, -0.1) is 0 Å². The number of hydrogen-bond acceptors (Lipinski definition) is 5. The number of aliphatic hydroxyl groups excluding tert-OH is 1. The first kappa shape index (κ1) is 16.4. The largest absolute Gasteiger partial charge is 0.442 e. The summed E-state index contributed by atoms with van der Waals surface area (Å²) in [6, 6.07) is 7.09. The molecule has 8 heteroatoms. The molecule has 0 radical (unpaired) electrons. The third-order valence-corrected chi connectivity index (χ3v) is 3.99. The molecule has 2 N–H and O–H groups in total. The number of anilines is 1. The van der Waals surface area contributed by atoms with Crippen molar-refractivity contribution < 1.29 is 19.4 Å². The molecular formula is C16H17N3O4S. The van der Waals surface area contributed by atoms with Crippen LogP contribution in [0.1, 0.15) is 11.7 Å². The summed E-state index contributed by atoms with van der Waals surface area (Å²) < 4.78 is 6.71. The van der Waals surface area contributed by atoms with Crippen molar-refractivity contribution in [1.29, 1.82) is 0 Å². The average molecular weight is 347 g/mol. The number of hydrogen-bond donors (Lipinski definition) is 2. The number of rotatable bonds is 4. The Balaban J connectivity index is 1.81. The van der Waals surface area contributed by atoms with Gasteiger partial charge in [0.1, 0.15) is 12.7 Å². The molecule has 0 spiro atoms. The monoisotopic (exact) mass is 347 g/mol. The molecule has 126 valence electrons. The smallest absolute Gasteiger partial charge is 0.414 e. The lowest BCUT2D eigenvalue weighted by molar-refractivity contribution is 0.0824. The summed E-state index contributed by atoms with van der Waals surface area (Å²) in [6.45, 7) is 2.12. The summed E-state index contributed by atoms with van der Waals surface area (Å²) in [7, 11) is 0. The molecule has 1 aromatic heterocycles. The molecular weight excluding hydrogens is 330 g/mol. The molecule has 1 fully saturated rings. The first-order valence-corrected chi connectivity index (χ1v) is 7.88. The maximum atomic E-state index is 12.1. The zero-order chi connectivity index (χ0) is 17.3. The van der Waals surface area contributed by atoms with Crippen LogP contribution in [0.3, 0.4) is 0 Å². The number of benzene rings is 1. The molecule has 24 heavy (non-hydrogen) atoms. The van der Waals surface area contributed by atoms with Crippen molar-refractivity contribution in [2.24, 2.45) is 0 Å². The van der Waals surface area contributed by atoms with E-state index in [9.17, 15) is 9.59 Å². The predicted molar refractivity (Wildman–Crippen MR) is 93.5 cm³/mol. The second-order valence-corrected chi connectivity index (χ2v) is 6.15. The molecule has 1 saturated heterocycles. The van der Waals surface area contributed by atoms with E-state index in [2.05, 4.69) is 5.32 Å². The first-order chi connectivity index (χ1) is 11.5. The van der Waals surface area contributed by atoms with Crippen LogP contribution in [-0.2, 0) is 4.74 Å². The van der Waals surface area contributed by atoms with E-state index in [1.165, 1.54) is 4.57 Å². The van der Waals surface area contributed by atoms with Gasteiger partial charge in [0.15, 0.2) is 0 Å². The number of thiocarbonyl (C=S) groups is 1. The number of fused-ring (bicyclic) bond motifs is 1. The van der Waals surface area contributed by atoms with E-state index in [1.54, 1.807) is 36.2 Å². The van der Waals surface area contributed by atoms with Crippen LogP contribution in [0, 0.1) is 0 Å². The molecule has 1 aliphatic heterocycles. The van der Waals surface area contributed by atoms with Gasteiger partial charge in [0.05, 0.1) is 23.6 Å². The van der Waals surface area contributed by atoms with E-state index < -0.39 is 18.6 Å². The molecule has 3 rings (SSSR count). The lowest BCUT2D eigenvalue weighted by Crippen LogP contribution is -2.32. The van der Waals surface area contributed by atoms with Gasteiger partial charge in [-0.1, -0.05) is 12.2 Å². The maximum absolute atomic E-state index is 12.1. The Bertz CT molecular complexity index is 817. The molecule has 0 unspecified atom stereocenters. The highest BCUT2D eigenvalue weighted by molar-refractivity contribution is 7.80. The third kappa shape index (κ3) is 3.10. The van der Waals surface area contributed by atoms with Crippen LogP contribution < -0.4 is 10.2 Å². The van der Waals surface area contributed by atoms with Crippen LogP contribution in [0.15, 0.2) is 30.5 Å². The van der Waals surface area contributed by atoms with Gasteiger partial charge in [-0.3, -0.25) is 14.3 Å². The standard InChI is InChI=1S/C16H17N3O4S/c1-10(24)17-7-13-8-19(16(22)23-13)12-2-3-14-11(6-12)4-5-18(14)15(21)9-20/h2-6,13,20H,7-9H2,1H3,(H,17,24)/t13-/m0/s1. The van der Waals surface area contributed by atoms with Crippen LogP contribution >= 0.6 is 12.2 Å². The van der Waals surface area contributed by atoms with Gasteiger partial charge in [0.25, 0.3) is 5.91 Å². The second kappa shape index (κ2) is 6.58. The average Bonchev–Trinajstić information content (AvgIpc) is 3.15. The van der Waals surface area contributed by atoms with Crippen LogP contribution in [-0.4, -0.2) is 52.5 Å². The van der Waals surface area contributed by atoms with Gasteiger partial charge < -0.3 is 15.2 Å². The van der Waals surface area contributed by atoms with Crippen LogP contribution in [0.5, 0.6) is 0 Å². The lowest BCUT2D eigenvalue weighted by Gasteiger charge is -2.13. The van der Waals surface area contributed by atoms with E-state index in [0.29, 0.717) is 29.3 Å². The molecule has 0 bridgehead atoms. The summed E-state index contributed by atoms with van der Waals surface area (Å²) in [6.07, 6.45) is 0.922. The van der Waals surface area contributed by atoms with Gasteiger partial charge in [-0.2, -0.15) is 0 Å². The minimum atomic E-state index is -0.558. The van der Waals surface area contributed by atoms with Crippen molar-refractivity contribution >= 4 is 45.8 Å². The zero-order valence-electron chi connectivity index (χ0n) is 13.1. The number of carbonyl (C=O) groups excluding carboxylic acids is 2. The van der Waals surface area contributed by atoms with Gasteiger partial charge in [-0.05, 0) is 31.2 Å². The minimum absolute atomic E-state index is 0.272. The molecule has 0 saturated carbocycles. The Hall–Kier alpha value is -2.45. The third-order valence-electron chi connectivity index (χ3n) is 3.84. The number of ether oxygens (including phenoxy) is 1. The lowest BCUT2D eigenvalue weighted by atomic mass is 10.2. The predicted octanol–water partition coefficient (Wildman–Crippen LogP) is 1.54. The normalized spacial score (nSPS) is 17.2. The highest BCUT2D eigenvalue weighted by Crippen LogP contribution is 2.26. The number of nitrogens with one attached hydrogen (secondary N) is 1. The van der Waals surface area contributed by atoms with E-state index in [0.717, 1.165) is 5.39 Å². The van der Waals surface area contributed by atoms with E-state index >= 15 is 0 Å². The molecule has 0 aliphatic carbocycles. The van der Waals surface area contributed by atoms with Gasteiger partial charge in [0, 0.05) is 17.3 Å². The number of cyclic esters (lactones) is 1. The highest BCUT2D eigenvalue weighted by Gasteiger charge is 2.32. The summed E-state index contributed by atoms with van der Waals surface area (Å²) in [5.41, 5.74) is 1.38. The van der Waals surface area contributed by atoms with Crippen molar-refractivity contribution in [3.8, 4) is 0 Å². The molecule has 7 nitrogen and oxygen atoms in total.